The third-order valence-electron chi connectivity index (χ3n) is 2.50. The van der Waals surface area contributed by atoms with Crippen LogP contribution >= 0.6 is 0 Å². The van der Waals surface area contributed by atoms with Gasteiger partial charge in [0.25, 0.3) is 0 Å². The van der Waals surface area contributed by atoms with E-state index in [9.17, 15) is 4.79 Å². The molecule has 2 rings (SSSR count). The Morgan fingerprint density at radius 3 is 3.14 bits per heavy atom. The lowest BCUT2D eigenvalue weighted by Gasteiger charge is -2.09. The van der Waals surface area contributed by atoms with Crippen molar-refractivity contribution in [1.82, 2.24) is 5.32 Å². The number of carbonyl (C=O) groups excluding carboxylic acids is 1. The van der Waals surface area contributed by atoms with E-state index in [0.717, 1.165) is 11.3 Å². The van der Waals surface area contributed by atoms with E-state index in [1.165, 1.54) is 0 Å². The average molecular weight is 190 g/mol. The van der Waals surface area contributed by atoms with Crippen LogP contribution in [0.15, 0.2) is 24.3 Å². The summed E-state index contributed by atoms with van der Waals surface area (Å²) in [5, 5.41) is 6.08. The van der Waals surface area contributed by atoms with Gasteiger partial charge in [0, 0.05) is 18.8 Å². The van der Waals surface area contributed by atoms with E-state index in [-0.39, 0.29) is 11.8 Å². The number of nitrogens with one attached hydrogen (secondary N) is 2. The Labute approximate surface area is 83.5 Å². The summed E-state index contributed by atoms with van der Waals surface area (Å²) >= 11 is 0. The fourth-order valence-electron chi connectivity index (χ4n) is 1.82. The molecule has 0 saturated carbocycles. The van der Waals surface area contributed by atoms with Crippen LogP contribution in [0.3, 0.4) is 0 Å². The SMILES string of the molecule is CCNC(=O)C1CNc2ccccc21. The molecule has 1 aliphatic heterocycles. The highest BCUT2D eigenvalue weighted by molar-refractivity contribution is 5.88. The molecule has 1 aliphatic rings. The summed E-state index contributed by atoms with van der Waals surface area (Å²) < 4.78 is 0. The maximum absolute atomic E-state index is 11.7. The number of amides is 1. The van der Waals surface area contributed by atoms with Crippen LogP contribution in [0, 0.1) is 0 Å². The lowest BCUT2D eigenvalue weighted by molar-refractivity contribution is -0.122. The first-order valence-electron chi connectivity index (χ1n) is 4.93. The normalized spacial score (nSPS) is 18.5. The van der Waals surface area contributed by atoms with Gasteiger partial charge in [-0.2, -0.15) is 0 Å². The van der Waals surface area contributed by atoms with Crippen LogP contribution in [0.1, 0.15) is 18.4 Å². The molecule has 0 aromatic heterocycles. The Hall–Kier alpha value is -1.51. The Bertz CT molecular complexity index is 349. The first-order valence-corrected chi connectivity index (χ1v) is 4.93. The van der Waals surface area contributed by atoms with Gasteiger partial charge in [-0.15, -0.1) is 0 Å². The summed E-state index contributed by atoms with van der Waals surface area (Å²) in [7, 11) is 0. The van der Waals surface area contributed by atoms with Crippen molar-refractivity contribution >= 4 is 11.6 Å². The van der Waals surface area contributed by atoms with E-state index in [1.54, 1.807) is 0 Å². The standard InChI is InChI=1S/C11H14N2O/c1-2-12-11(14)9-7-13-10-6-4-3-5-8(9)10/h3-6,9,13H,2,7H2,1H3,(H,12,14). The van der Waals surface area contributed by atoms with Crippen LogP contribution in [-0.4, -0.2) is 19.0 Å². The van der Waals surface area contributed by atoms with Gasteiger partial charge in [0.15, 0.2) is 0 Å². The summed E-state index contributed by atoms with van der Waals surface area (Å²) in [5.74, 6) is 0.0936. The van der Waals surface area contributed by atoms with Gasteiger partial charge in [-0.05, 0) is 18.6 Å². The largest absolute Gasteiger partial charge is 0.384 e. The molecule has 1 heterocycles. The molecule has 1 atom stereocenters. The average Bonchev–Trinajstić information content (AvgIpc) is 2.61. The zero-order chi connectivity index (χ0) is 9.97. The van der Waals surface area contributed by atoms with Crippen LogP contribution in [-0.2, 0) is 4.79 Å². The molecule has 0 bridgehead atoms. The summed E-state index contributed by atoms with van der Waals surface area (Å²) in [6.45, 7) is 3.34. The number of para-hydroxylation sites is 1. The molecule has 1 aromatic rings. The van der Waals surface area contributed by atoms with Gasteiger partial charge in [0.2, 0.25) is 5.91 Å². The molecule has 0 radical (unpaired) electrons. The molecule has 0 saturated heterocycles. The van der Waals surface area contributed by atoms with Crippen molar-refractivity contribution in [2.45, 2.75) is 12.8 Å². The molecule has 0 aliphatic carbocycles. The lowest BCUT2D eigenvalue weighted by atomic mass is 10.0. The zero-order valence-electron chi connectivity index (χ0n) is 8.21. The fourth-order valence-corrected chi connectivity index (χ4v) is 1.82. The monoisotopic (exact) mass is 190 g/mol. The van der Waals surface area contributed by atoms with E-state index in [4.69, 9.17) is 0 Å². The molecule has 2 N–H and O–H groups in total. The molecular formula is C11H14N2O. The van der Waals surface area contributed by atoms with Crippen LogP contribution in [0.25, 0.3) is 0 Å². The summed E-state index contributed by atoms with van der Waals surface area (Å²) in [4.78, 5) is 11.7. The van der Waals surface area contributed by atoms with E-state index >= 15 is 0 Å². The number of likely N-dealkylation sites (N-methyl/N-ethyl adjacent to an activating group) is 1. The highest BCUT2D eigenvalue weighted by Crippen LogP contribution is 2.30. The summed E-state index contributed by atoms with van der Waals surface area (Å²) in [6.07, 6.45) is 0. The summed E-state index contributed by atoms with van der Waals surface area (Å²) in [5.41, 5.74) is 2.20. The Balaban J connectivity index is 2.21. The van der Waals surface area contributed by atoms with Crippen LogP contribution < -0.4 is 10.6 Å². The van der Waals surface area contributed by atoms with Gasteiger partial charge in [-0.3, -0.25) is 4.79 Å². The second-order valence-corrected chi connectivity index (χ2v) is 3.42. The minimum Gasteiger partial charge on any atom is -0.384 e. The van der Waals surface area contributed by atoms with Crippen LogP contribution in [0.4, 0.5) is 5.69 Å². The first-order chi connectivity index (χ1) is 6.83. The predicted molar refractivity (Wildman–Crippen MR) is 56.4 cm³/mol. The van der Waals surface area contributed by atoms with Crippen LogP contribution in [0.2, 0.25) is 0 Å². The van der Waals surface area contributed by atoms with E-state index in [1.807, 2.05) is 31.2 Å². The Morgan fingerprint density at radius 2 is 2.36 bits per heavy atom. The zero-order valence-corrected chi connectivity index (χ0v) is 8.21. The Kier molecular flexibility index (Phi) is 2.39. The van der Waals surface area contributed by atoms with Crippen molar-refractivity contribution in [3.8, 4) is 0 Å². The fraction of sp³-hybridized carbons (Fsp3) is 0.364. The van der Waals surface area contributed by atoms with Crippen molar-refractivity contribution < 1.29 is 4.79 Å². The van der Waals surface area contributed by atoms with E-state index < -0.39 is 0 Å². The van der Waals surface area contributed by atoms with Crippen molar-refractivity contribution in [3.63, 3.8) is 0 Å². The third kappa shape index (κ3) is 1.45. The quantitative estimate of drug-likeness (QED) is 0.738. The second kappa shape index (κ2) is 3.70. The molecule has 1 amide bonds. The van der Waals surface area contributed by atoms with Crippen molar-refractivity contribution in [1.29, 1.82) is 0 Å². The number of hydrogen-bond acceptors (Lipinski definition) is 2. The van der Waals surface area contributed by atoms with Crippen molar-refractivity contribution in [2.75, 3.05) is 18.4 Å². The third-order valence-corrected chi connectivity index (χ3v) is 2.50. The Morgan fingerprint density at radius 1 is 1.57 bits per heavy atom. The summed E-state index contributed by atoms with van der Waals surface area (Å²) in [6, 6.07) is 7.97. The van der Waals surface area contributed by atoms with Gasteiger partial charge >= 0.3 is 0 Å². The number of hydrogen-bond donors (Lipinski definition) is 2. The number of rotatable bonds is 2. The van der Waals surface area contributed by atoms with Gasteiger partial charge in [-0.25, -0.2) is 0 Å². The number of fused-ring (bicyclic) bond motifs is 1. The maximum Gasteiger partial charge on any atom is 0.229 e. The molecule has 3 nitrogen and oxygen atoms in total. The predicted octanol–water partition coefficient (Wildman–Crippen LogP) is 1.33. The highest BCUT2D eigenvalue weighted by Gasteiger charge is 2.27. The maximum atomic E-state index is 11.7. The molecule has 1 aromatic carbocycles. The molecule has 0 fully saturated rings. The van der Waals surface area contributed by atoms with E-state index in [0.29, 0.717) is 13.1 Å². The second-order valence-electron chi connectivity index (χ2n) is 3.42. The molecule has 14 heavy (non-hydrogen) atoms. The number of anilines is 1. The number of carbonyl (C=O) groups is 1. The van der Waals surface area contributed by atoms with Gasteiger partial charge in [0.1, 0.15) is 0 Å². The molecule has 0 spiro atoms. The van der Waals surface area contributed by atoms with Crippen LogP contribution in [0.5, 0.6) is 0 Å². The molecule has 1 unspecified atom stereocenters. The van der Waals surface area contributed by atoms with Crippen molar-refractivity contribution in [2.24, 2.45) is 0 Å². The number of benzene rings is 1. The highest BCUT2D eigenvalue weighted by atomic mass is 16.1. The topological polar surface area (TPSA) is 41.1 Å². The molecule has 74 valence electrons. The van der Waals surface area contributed by atoms with Gasteiger partial charge < -0.3 is 10.6 Å². The molecular weight excluding hydrogens is 176 g/mol. The van der Waals surface area contributed by atoms with Gasteiger partial charge in [-0.1, -0.05) is 18.2 Å². The molecule has 3 heteroatoms. The van der Waals surface area contributed by atoms with Crippen molar-refractivity contribution in [3.05, 3.63) is 29.8 Å². The minimum absolute atomic E-state index is 0.0221. The first kappa shape index (κ1) is 9.06. The smallest absolute Gasteiger partial charge is 0.229 e. The minimum atomic E-state index is -0.0221. The lowest BCUT2D eigenvalue weighted by Crippen LogP contribution is -2.29. The van der Waals surface area contributed by atoms with Gasteiger partial charge in [0.05, 0.1) is 5.92 Å². The van der Waals surface area contributed by atoms with E-state index in [2.05, 4.69) is 10.6 Å².